The van der Waals surface area contributed by atoms with Crippen molar-refractivity contribution in [3.63, 3.8) is 0 Å². The number of carbonyl (C=O) groups is 2. The molecule has 0 aliphatic heterocycles. The Hall–Kier alpha value is -1.63. The lowest BCUT2D eigenvalue weighted by Crippen LogP contribution is -2.40. The highest BCUT2D eigenvalue weighted by Gasteiger charge is 2.50. The predicted octanol–water partition coefficient (Wildman–Crippen LogP) is 1.12. The van der Waals surface area contributed by atoms with E-state index in [1.165, 1.54) is 11.3 Å². The zero-order valence-corrected chi connectivity index (χ0v) is 10.8. The number of nitrogens with one attached hydrogen (secondary N) is 2. The molecule has 7 heteroatoms. The largest absolute Gasteiger partial charge is 0.481 e. The summed E-state index contributed by atoms with van der Waals surface area (Å²) in [7, 11) is 0. The van der Waals surface area contributed by atoms with Crippen LogP contribution in [0.25, 0.3) is 0 Å². The number of nitrogens with zero attached hydrogens (tertiary/aromatic N) is 1. The first-order chi connectivity index (χ1) is 8.52. The molecule has 0 aromatic carbocycles. The predicted molar refractivity (Wildman–Crippen MR) is 66.4 cm³/mol. The van der Waals surface area contributed by atoms with Gasteiger partial charge in [0.1, 0.15) is 5.01 Å². The number of thiazole rings is 1. The standard InChI is InChI=1S/C11H15N3O3S/c1-7-4-12-8(18-7)5-13-10(17)14-6-11(2-3-11)9(15)16/h4H,2-3,5-6H2,1H3,(H,15,16)(H2,13,14,17). The number of amides is 2. The van der Waals surface area contributed by atoms with E-state index in [1.54, 1.807) is 6.20 Å². The molecule has 0 radical (unpaired) electrons. The third kappa shape index (κ3) is 2.98. The molecule has 18 heavy (non-hydrogen) atoms. The Kier molecular flexibility index (Phi) is 3.51. The number of carbonyl (C=O) groups excluding carboxylic acids is 1. The highest BCUT2D eigenvalue weighted by Crippen LogP contribution is 2.45. The molecule has 0 bridgehead atoms. The second-order valence-electron chi connectivity index (χ2n) is 4.49. The van der Waals surface area contributed by atoms with Crippen LogP contribution in [-0.4, -0.2) is 28.6 Å². The van der Waals surface area contributed by atoms with E-state index in [9.17, 15) is 9.59 Å². The number of carboxylic acid groups (broad SMARTS) is 1. The van der Waals surface area contributed by atoms with Crippen molar-refractivity contribution in [1.29, 1.82) is 0 Å². The van der Waals surface area contributed by atoms with Gasteiger partial charge in [0.25, 0.3) is 0 Å². The maximum Gasteiger partial charge on any atom is 0.315 e. The van der Waals surface area contributed by atoms with Gasteiger partial charge in [-0.3, -0.25) is 4.79 Å². The number of hydrogen-bond acceptors (Lipinski definition) is 4. The third-order valence-corrected chi connectivity index (χ3v) is 3.88. The van der Waals surface area contributed by atoms with Gasteiger partial charge in [-0.25, -0.2) is 9.78 Å². The van der Waals surface area contributed by atoms with E-state index in [2.05, 4.69) is 15.6 Å². The van der Waals surface area contributed by atoms with Gasteiger partial charge in [-0.05, 0) is 19.8 Å². The molecule has 1 aliphatic carbocycles. The molecule has 0 saturated heterocycles. The Balaban J connectivity index is 1.71. The molecular formula is C11H15N3O3S. The van der Waals surface area contributed by atoms with Crippen LogP contribution < -0.4 is 10.6 Å². The van der Waals surface area contributed by atoms with Crippen molar-refractivity contribution in [3.05, 3.63) is 16.1 Å². The van der Waals surface area contributed by atoms with Gasteiger partial charge >= 0.3 is 12.0 Å². The highest BCUT2D eigenvalue weighted by molar-refractivity contribution is 7.11. The average Bonchev–Trinajstić information content (AvgIpc) is 3.02. The van der Waals surface area contributed by atoms with Gasteiger partial charge in [0, 0.05) is 17.6 Å². The summed E-state index contributed by atoms with van der Waals surface area (Å²) in [5.74, 6) is -0.835. The molecular weight excluding hydrogens is 254 g/mol. The van der Waals surface area contributed by atoms with Gasteiger partial charge in [0.05, 0.1) is 12.0 Å². The Bertz CT molecular complexity index is 468. The van der Waals surface area contributed by atoms with E-state index >= 15 is 0 Å². The molecule has 2 rings (SSSR count). The van der Waals surface area contributed by atoms with Crippen molar-refractivity contribution in [3.8, 4) is 0 Å². The van der Waals surface area contributed by atoms with E-state index in [1.807, 2.05) is 6.92 Å². The molecule has 1 fully saturated rings. The fourth-order valence-corrected chi connectivity index (χ4v) is 2.29. The molecule has 1 aliphatic rings. The molecule has 0 spiro atoms. The van der Waals surface area contributed by atoms with Gasteiger partial charge in [-0.15, -0.1) is 11.3 Å². The fourth-order valence-electron chi connectivity index (χ4n) is 1.57. The zero-order chi connectivity index (χ0) is 13.2. The van der Waals surface area contributed by atoms with Crippen molar-refractivity contribution in [2.24, 2.45) is 5.41 Å². The zero-order valence-electron chi connectivity index (χ0n) is 10.0. The summed E-state index contributed by atoms with van der Waals surface area (Å²) in [6, 6.07) is -0.352. The van der Waals surface area contributed by atoms with Crippen LogP contribution in [0.5, 0.6) is 0 Å². The van der Waals surface area contributed by atoms with Crippen LogP contribution in [0, 0.1) is 12.3 Å². The summed E-state index contributed by atoms with van der Waals surface area (Å²) in [4.78, 5) is 27.6. The first-order valence-corrected chi connectivity index (χ1v) is 6.50. The summed E-state index contributed by atoms with van der Waals surface area (Å²) in [6.07, 6.45) is 3.02. The van der Waals surface area contributed by atoms with Gasteiger partial charge < -0.3 is 15.7 Å². The fraction of sp³-hybridized carbons (Fsp3) is 0.545. The number of aromatic nitrogens is 1. The quantitative estimate of drug-likeness (QED) is 0.747. The number of aliphatic carboxylic acids is 1. The SMILES string of the molecule is Cc1cnc(CNC(=O)NCC2(C(=O)O)CC2)s1. The number of carboxylic acids is 1. The van der Waals surface area contributed by atoms with E-state index in [-0.39, 0.29) is 12.6 Å². The number of aryl methyl sites for hydroxylation is 1. The molecule has 0 unspecified atom stereocenters. The molecule has 6 nitrogen and oxygen atoms in total. The summed E-state index contributed by atoms with van der Waals surface area (Å²) in [5.41, 5.74) is -0.727. The van der Waals surface area contributed by atoms with Crippen LogP contribution in [0.2, 0.25) is 0 Å². The number of rotatable bonds is 5. The van der Waals surface area contributed by atoms with E-state index in [0.717, 1.165) is 9.88 Å². The van der Waals surface area contributed by atoms with Crippen LogP contribution in [0.1, 0.15) is 22.7 Å². The van der Waals surface area contributed by atoms with Crippen molar-refractivity contribution < 1.29 is 14.7 Å². The summed E-state index contributed by atoms with van der Waals surface area (Å²) >= 11 is 1.52. The maximum absolute atomic E-state index is 11.5. The Labute approximate surface area is 108 Å². The lowest BCUT2D eigenvalue weighted by molar-refractivity contribution is -0.143. The van der Waals surface area contributed by atoms with Gasteiger partial charge in [-0.1, -0.05) is 0 Å². The van der Waals surface area contributed by atoms with Crippen LogP contribution in [0.3, 0.4) is 0 Å². The van der Waals surface area contributed by atoms with Crippen LogP contribution >= 0.6 is 11.3 Å². The number of urea groups is 1. The van der Waals surface area contributed by atoms with Crippen LogP contribution in [-0.2, 0) is 11.3 Å². The Morgan fingerprint density at radius 2 is 2.22 bits per heavy atom. The van der Waals surface area contributed by atoms with Crippen LogP contribution in [0.15, 0.2) is 6.20 Å². The molecule has 98 valence electrons. The normalized spacial score (nSPS) is 16.1. The minimum Gasteiger partial charge on any atom is -0.481 e. The van der Waals surface area contributed by atoms with Gasteiger partial charge in [0.2, 0.25) is 0 Å². The monoisotopic (exact) mass is 269 g/mol. The molecule has 0 atom stereocenters. The van der Waals surface area contributed by atoms with Crippen molar-refractivity contribution >= 4 is 23.3 Å². The Morgan fingerprint density at radius 3 is 2.72 bits per heavy atom. The van der Waals surface area contributed by atoms with Crippen molar-refractivity contribution in [1.82, 2.24) is 15.6 Å². The van der Waals surface area contributed by atoms with E-state index in [0.29, 0.717) is 19.4 Å². The summed E-state index contributed by atoms with van der Waals surface area (Å²) in [5, 5.41) is 15.0. The highest BCUT2D eigenvalue weighted by atomic mass is 32.1. The lowest BCUT2D eigenvalue weighted by atomic mass is 10.1. The topological polar surface area (TPSA) is 91.3 Å². The lowest BCUT2D eigenvalue weighted by Gasteiger charge is -2.11. The molecule has 1 aromatic heterocycles. The van der Waals surface area contributed by atoms with Gasteiger partial charge in [-0.2, -0.15) is 0 Å². The van der Waals surface area contributed by atoms with E-state index in [4.69, 9.17) is 5.11 Å². The molecule has 2 amide bonds. The Morgan fingerprint density at radius 1 is 1.50 bits per heavy atom. The summed E-state index contributed by atoms with van der Waals surface area (Å²) in [6.45, 7) is 2.50. The average molecular weight is 269 g/mol. The van der Waals surface area contributed by atoms with Crippen LogP contribution in [0.4, 0.5) is 4.79 Å². The minimum absolute atomic E-state index is 0.186. The van der Waals surface area contributed by atoms with Crippen molar-refractivity contribution in [2.75, 3.05) is 6.54 Å². The smallest absolute Gasteiger partial charge is 0.315 e. The van der Waals surface area contributed by atoms with Crippen molar-refractivity contribution in [2.45, 2.75) is 26.3 Å². The molecule has 1 saturated carbocycles. The maximum atomic E-state index is 11.5. The molecule has 1 aromatic rings. The summed E-state index contributed by atoms with van der Waals surface area (Å²) < 4.78 is 0. The van der Waals surface area contributed by atoms with E-state index < -0.39 is 11.4 Å². The first-order valence-electron chi connectivity index (χ1n) is 5.68. The second kappa shape index (κ2) is 4.93. The molecule has 1 heterocycles. The molecule has 3 N–H and O–H groups in total. The minimum atomic E-state index is -0.835. The first kappa shape index (κ1) is 12.8. The third-order valence-electron chi connectivity index (χ3n) is 2.96. The number of hydrogen-bond donors (Lipinski definition) is 3. The second-order valence-corrected chi connectivity index (χ2v) is 5.81. The van der Waals surface area contributed by atoms with Gasteiger partial charge in [0.15, 0.2) is 0 Å².